The summed E-state index contributed by atoms with van der Waals surface area (Å²) in [5.41, 5.74) is 2.86. The number of carbonyl (C=O) groups excluding carboxylic acids is 2. The van der Waals surface area contributed by atoms with Crippen LogP contribution in [0.2, 0.25) is 0 Å². The lowest BCUT2D eigenvalue weighted by molar-refractivity contribution is 0.0664. The van der Waals surface area contributed by atoms with E-state index in [0.717, 1.165) is 37.4 Å². The molecule has 2 N–H and O–H groups in total. The van der Waals surface area contributed by atoms with Gasteiger partial charge in [-0.25, -0.2) is 0 Å². The van der Waals surface area contributed by atoms with E-state index >= 15 is 0 Å². The third kappa shape index (κ3) is 4.62. The number of halogens is 1. The first kappa shape index (κ1) is 20.5. The molecule has 2 aromatic rings. The monoisotopic (exact) mass is 447 g/mol. The van der Waals surface area contributed by atoms with Crippen LogP contribution in [0.25, 0.3) is 0 Å². The number of H-pyrrole nitrogens is 1. The van der Waals surface area contributed by atoms with Crippen LogP contribution in [0.1, 0.15) is 51.9 Å². The zero-order valence-corrected chi connectivity index (χ0v) is 18.0. The van der Waals surface area contributed by atoms with Crippen LogP contribution in [0.5, 0.6) is 0 Å². The van der Waals surface area contributed by atoms with E-state index in [1.165, 1.54) is 0 Å². The van der Waals surface area contributed by atoms with E-state index in [2.05, 4.69) is 43.4 Å². The van der Waals surface area contributed by atoms with E-state index in [4.69, 9.17) is 0 Å². The average Bonchev–Trinajstić information content (AvgIpc) is 3.08. The zero-order valence-electron chi connectivity index (χ0n) is 16.5. The molecule has 0 spiro atoms. The van der Waals surface area contributed by atoms with Crippen LogP contribution in [-0.2, 0) is 6.54 Å². The smallest absolute Gasteiger partial charge is 0.273 e. The number of amides is 2. The fraction of sp³-hybridized carbons (Fsp3) is 0.450. The number of hydrogen-bond acceptors (Lipinski definition) is 4. The van der Waals surface area contributed by atoms with Crippen molar-refractivity contribution in [2.24, 2.45) is 0 Å². The predicted molar refractivity (Wildman–Crippen MR) is 111 cm³/mol. The van der Waals surface area contributed by atoms with Gasteiger partial charge < -0.3 is 15.1 Å². The van der Waals surface area contributed by atoms with Gasteiger partial charge in [-0.15, -0.1) is 0 Å². The molecule has 0 atom stereocenters. The van der Waals surface area contributed by atoms with E-state index in [0.29, 0.717) is 22.3 Å². The van der Waals surface area contributed by atoms with Crippen molar-refractivity contribution >= 4 is 27.7 Å². The molecule has 1 fully saturated rings. The molecular formula is C20H26BrN5O2. The van der Waals surface area contributed by atoms with Gasteiger partial charge in [0.1, 0.15) is 0 Å². The number of nitrogens with zero attached hydrogens (tertiary/aromatic N) is 3. The van der Waals surface area contributed by atoms with Crippen LogP contribution in [0.3, 0.4) is 0 Å². The second kappa shape index (κ2) is 8.87. The Kier molecular flexibility index (Phi) is 6.51. The van der Waals surface area contributed by atoms with Gasteiger partial charge in [-0.1, -0.05) is 26.0 Å². The third-order valence-corrected chi connectivity index (χ3v) is 5.77. The number of aromatic nitrogens is 2. The van der Waals surface area contributed by atoms with Crippen LogP contribution in [0, 0.1) is 0 Å². The van der Waals surface area contributed by atoms with Crippen molar-refractivity contribution in [3.63, 3.8) is 0 Å². The normalized spacial score (nSPS) is 15.1. The van der Waals surface area contributed by atoms with Crippen molar-refractivity contribution in [3.8, 4) is 0 Å². The number of nitrogens with one attached hydrogen (secondary N) is 2. The van der Waals surface area contributed by atoms with Gasteiger partial charge in [-0.3, -0.25) is 14.7 Å². The summed E-state index contributed by atoms with van der Waals surface area (Å²) in [7, 11) is 2.07. The molecular weight excluding hydrogens is 422 g/mol. The maximum atomic E-state index is 12.6. The van der Waals surface area contributed by atoms with Gasteiger partial charge in [0.05, 0.1) is 10.2 Å². The molecule has 2 amide bonds. The predicted octanol–water partition coefficient (Wildman–Crippen LogP) is 2.61. The average molecular weight is 448 g/mol. The van der Waals surface area contributed by atoms with Crippen LogP contribution >= 0.6 is 15.9 Å². The standard InChI is InChI=1S/C20H26BrN5O2/c1-13(2)17-16(21)18(24-23-17)19(27)22-12-14-4-6-15(7-5-14)20(28)26-10-8-25(3)9-11-26/h4-7,13H,8-12H2,1-3H3,(H,22,27)(H,23,24). The summed E-state index contributed by atoms with van der Waals surface area (Å²) < 4.78 is 0.702. The number of hydrogen-bond donors (Lipinski definition) is 2. The minimum absolute atomic E-state index is 0.0605. The van der Waals surface area contributed by atoms with Crippen LogP contribution in [0.4, 0.5) is 0 Å². The second-order valence-corrected chi connectivity index (χ2v) is 8.22. The minimum atomic E-state index is -0.243. The SMILES string of the molecule is CC(C)c1[nH]nc(C(=O)NCc2ccc(C(=O)N3CCN(C)CC3)cc2)c1Br. The molecule has 1 aliphatic rings. The third-order valence-electron chi connectivity index (χ3n) is 4.97. The van der Waals surface area contributed by atoms with Gasteiger partial charge in [-0.05, 0) is 46.6 Å². The Morgan fingerprint density at radius 1 is 1.18 bits per heavy atom. The lowest BCUT2D eigenvalue weighted by Gasteiger charge is -2.32. The Labute approximate surface area is 173 Å². The number of piperazine rings is 1. The van der Waals surface area contributed by atoms with Gasteiger partial charge in [0.15, 0.2) is 5.69 Å². The van der Waals surface area contributed by atoms with Crippen LogP contribution in [-0.4, -0.2) is 65.0 Å². The summed E-state index contributed by atoms with van der Waals surface area (Å²) in [6.07, 6.45) is 0. The van der Waals surface area contributed by atoms with E-state index in [-0.39, 0.29) is 17.7 Å². The quantitative estimate of drug-likeness (QED) is 0.737. The molecule has 2 heterocycles. The number of carbonyl (C=O) groups is 2. The van der Waals surface area contributed by atoms with Crippen LogP contribution < -0.4 is 5.32 Å². The Bertz CT molecular complexity index is 839. The van der Waals surface area contributed by atoms with Gasteiger partial charge in [0.2, 0.25) is 0 Å². The Morgan fingerprint density at radius 2 is 1.82 bits per heavy atom. The van der Waals surface area contributed by atoms with Crippen molar-refractivity contribution in [2.45, 2.75) is 26.3 Å². The van der Waals surface area contributed by atoms with Gasteiger partial charge in [0, 0.05) is 38.3 Å². The van der Waals surface area contributed by atoms with E-state index in [1.807, 2.05) is 43.0 Å². The largest absolute Gasteiger partial charge is 0.347 e. The highest BCUT2D eigenvalue weighted by atomic mass is 79.9. The van der Waals surface area contributed by atoms with Gasteiger partial charge in [0.25, 0.3) is 11.8 Å². The van der Waals surface area contributed by atoms with Crippen molar-refractivity contribution in [2.75, 3.05) is 33.2 Å². The summed E-state index contributed by atoms with van der Waals surface area (Å²) in [6.45, 7) is 7.75. The van der Waals surface area contributed by atoms with Crippen molar-refractivity contribution in [3.05, 3.63) is 51.3 Å². The summed E-state index contributed by atoms with van der Waals surface area (Å²) in [5.74, 6) is 0.0618. The highest BCUT2D eigenvalue weighted by molar-refractivity contribution is 9.10. The second-order valence-electron chi connectivity index (χ2n) is 7.43. The maximum Gasteiger partial charge on any atom is 0.273 e. The number of rotatable bonds is 5. The molecule has 0 radical (unpaired) electrons. The first-order valence-electron chi connectivity index (χ1n) is 9.45. The first-order valence-corrected chi connectivity index (χ1v) is 10.2. The van der Waals surface area contributed by atoms with Gasteiger partial charge >= 0.3 is 0 Å². The molecule has 0 unspecified atom stereocenters. The van der Waals surface area contributed by atoms with Gasteiger partial charge in [-0.2, -0.15) is 5.10 Å². The lowest BCUT2D eigenvalue weighted by Crippen LogP contribution is -2.47. The molecule has 1 aliphatic heterocycles. The number of likely N-dealkylation sites (N-methyl/N-ethyl adjacent to an activating group) is 1. The summed E-state index contributed by atoms with van der Waals surface area (Å²) in [6, 6.07) is 7.40. The molecule has 7 nitrogen and oxygen atoms in total. The molecule has 8 heteroatoms. The zero-order chi connectivity index (χ0) is 20.3. The number of aromatic amines is 1. The molecule has 0 bridgehead atoms. The highest BCUT2D eigenvalue weighted by Crippen LogP contribution is 2.25. The molecule has 1 aromatic carbocycles. The van der Waals surface area contributed by atoms with E-state index < -0.39 is 0 Å². The minimum Gasteiger partial charge on any atom is -0.347 e. The van der Waals surface area contributed by atoms with Crippen molar-refractivity contribution < 1.29 is 9.59 Å². The molecule has 1 saturated heterocycles. The summed E-state index contributed by atoms with van der Waals surface area (Å²) in [5, 5.41) is 9.88. The Morgan fingerprint density at radius 3 is 2.39 bits per heavy atom. The Balaban J connectivity index is 1.57. The molecule has 0 saturated carbocycles. The summed E-state index contributed by atoms with van der Waals surface area (Å²) in [4.78, 5) is 29.1. The van der Waals surface area contributed by atoms with E-state index in [9.17, 15) is 9.59 Å². The summed E-state index contributed by atoms with van der Waals surface area (Å²) >= 11 is 3.45. The molecule has 1 aromatic heterocycles. The highest BCUT2D eigenvalue weighted by Gasteiger charge is 2.21. The van der Waals surface area contributed by atoms with Crippen molar-refractivity contribution in [1.29, 1.82) is 0 Å². The maximum absolute atomic E-state index is 12.6. The Hall–Kier alpha value is -2.19. The fourth-order valence-electron chi connectivity index (χ4n) is 3.10. The molecule has 150 valence electrons. The fourth-order valence-corrected chi connectivity index (χ4v) is 3.91. The lowest BCUT2D eigenvalue weighted by atomic mass is 10.1. The van der Waals surface area contributed by atoms with Crippen LogP contribution in [0.15, 0.2) is 28.7 Å². The molecule has 0 aliphatic carbocycles. The topological polar surface area (TPSA) is 81.3 Å². The molecule has 3 rings (SSSR count). The first-order chi connectivity index (χ1) is 13.4. The van der Waals surface area contributed by atoms with Crippen molar-refractivity contribution in [1.82, 2.24) is 25.3 Å². The number of benzene rings is 1. The van der Waals surface area contributed by atoms with E-state index in [1.54, 1.807) is 0 Å². The molecule has 28 heavy (non-hydrogen) atoms.